The molecule has 0 bridgehead atoms. The molecule has 0 aromatic heterocycles. The standard InChI is InChI=1S/C23H23NOS/c1-24(2)15-17-11-13-19(14-12-17)25-23-20-8-4-3-7-18(20)16-26-22-10-6-5-9-21(22)23/h3-14,23H,15-16H2,1-2H3/t23-/m1/s1. The second-order valence-electron chi connectivity index (χ2n) is 6.90. The maximum Gasteiger partial charge on any atom is 0.150 e. The predicted molar refractivity (Wildman–Crippen MR) is 109 cm³/mol. The highest BCUT2D eigenvalue weighted by Crippen LogP contribution is 2.41. The fourth-order valence-electron chi connectivity index (χ4n) is 3.37. The molecule has 1 heterocycles. The number of ether oxygens (including phenoxy) is 1. The third-order valence-corrected chi connectivity index (χ3v) is 5.74. The molecule has 1 aliphatic rings. The lowest BCUT2D eigenvalue weighted by Crippen LogP contribution is -2.12. The van der Waals surface area contributed by atoms with Crippen molar-refractivity contribution in [2.75, 3.05) is 14.1 Å². The van der Waals surface area contributed by atoms with Crippen LogP contribution in [0.3, 0.4) is 0 Å². The number of hydrogen-bond donors (Lipinski definition) is 0. The molecule has 4 rings (SSSR count). The summed E-state index contributed by atoms with van der Waals surface area (Å²) in [6.45, 7) is 0.937. The molecule has 0 unspecified atom stereocenters. The number of rotatable bonds is 4. The first-order chi connectivity index (χ1) is 12.7. The molecule has 0 radical (unpaired) electrons. The number of benzene rings is 3. The molecule has 0 amide bonds. The van der Waals surface area contributed by atoms with Gasteiger partial charge in [-0.3, -0.25) is 0 Å². The second kappa shape index (κ2) is 7.56. The lowest BCUT2D eigenvalue weighted by molar-refractivity contribution is 0.244. The predicted octanol–water partition coefficient (Wildman–Crippen LogP) is 5.52. The van der Waals surface area contributed by atoms with E-state index in [1.165, 1.54) is 27.1 Å². The molecular weight excluding hydrogens is 338 g/mol. The number of nitrogens with zero attached hydrogens (tertiary/aromatic N) is 1. The van der Waals surface area contributed by atoms with Gasteiger partial charge in [-0.25, -0.2) is 0 Å². The van der Waals surface area contributed by atoms with Crippen LogP contribution in [0.2, 0.25) is 0 Å². The van der Waals surface area contributed by atoms with Crippen LogP contribution in [0.1, 0.15) is 28.4 Å². The van der Waals surface area contributed by atoms with Gasteiger partial charge in [-0.2, -0.15) is 0 Å². The largest absolute Gasteiger partial charge is 0.481 e. The monoisotopic (exact) mass is 361 g/mol. The quantitative estimate of drug-likeness (QED) is 0.607. The van der Waals surface area contributed by atoms with Crippen LogP contribution in [-0.2, 0) is 12.3 Å². The topological polar surface area (TPSA) is 12.5 Å². The summed E-state index contributed by atoms with van der Waals surface area (Å²) in [5, 5.41) is 0. The van der Waals surface area contributed by atoms with Gasteiger partial charge in [0.25, 0.3) is 0 Å². The summed E-state index contributed by atoms with van der Waals surface area (Å²) in [6.07, 6.45) is -0.0721. The summed E-state index contributed by atoms with van der Waals surface area (Å²) in [7, 11) is 4.17. The molecule has 1 atom stereocenters. The van der Waals surface area contributed by atoms with Crippen molar-refractivity contribution in [3.05, 3.63) is 95.1 Å². The molecule has 132 valence electrons. The molecule has 0 spiro atoms. The molecule has 3 aromatic carbocycles. The maximum absolute atomic E-state index is 6.52. The van der Waals surface area contributed by atoms with Gasteiger partial charge in [0.05, 0.1) is 0 Å². The van der Waals surface area contributed by atoms with E-state index in [0.29, 0.717) is 0 Å². The zero-order chi connectivity index (χ0) is 17.9. The summed E-state index contributed by atoms with van der Waals surface area (Å²) in [6, 6.07) is 25.7. The van der Waals surface area contributed by atoms with Gasteiger partial charge in [-0.1, -0.05) is 54.6 Å². The van der Waals surface area contributed by atoms with E-state index in [1.807, 2.05) is 11.8 Å². The van der Waals surface area contributed by atoms with Crippen molar-refractivity contribution in [2.45, 2.75) is 23.3 Å². The first-order valence-electron chi connectivity index (χ1n) is 8.90. The molecule has 3 aromatic rings. The van der Waals surface area contributed by atoms with E-state index in [1.54, 1.807) is 0 Å². The number of fused-ring (bicyclic) bond motifs is 2. The van der Waals surface area contributed by atoms with Gasteiger partial charge >= 0.3 is 0 Å². The van der Waals surface area contributed by atoms with E-state index in [4.69, 9.17) is 4.74 Å². The molecule has 3 heteroatoms. The van der Waals surface area contributed by atoms with E-state index >= 15 is 0 Å². The Bertz CT molecular complexity index is 841. The average molecular weight is 362 g/mol. The van der Waals surface area contributed by atoms with Gasteiger partial charge in [0, 0.05) is 28.3 Å². The van der Waals surface area contributed by atoms with Crippen LogP contribution in [0.4, 0.5) is 0 Å². The lowest BCUT2D eigenvalue weighted by atomic mass is 9.97. The van der Waals surface area contributed by atoms with Gasteiger partial charge in [-0.05, 0) is 43.4 Å². The summed E-state index contributed by atoms with van der Waals surface area (Å²) < 4.78 is 6.52. The van der Waals surface area contributed by atoms with Crippen LogP contribution in [-0.4, -0.2) is 19.0 Å². The highest BCUT2D eigenvalue weighted by molar-refractivity contribution is 7.98. The van der Waals surface area contributed by atoms with Crippen LogP contribution in [0.15, 0.2) is 77.7 Å². The minimum atomic E-state index is -0.0721. The van der Waals surface area contributed by atoms with Crippen molar-refractivity contribution in [1.29, 1.82) is 0 Å². The van der Waals surface area contributed by atoms with Crippen LogP contribution in [0, 0.1) is 0 Å². The Labute approximate surface area is 159 Å². The van der Waals surface area contributed by atoms with Crippen LogP contribution >= 0.6 is 11.8 Å². The molecule has 0 N–H and O–H groups in total. The van der Waals surface area contributed by atoms with Crippen molar-refractivity contribution in [2.24, 2.45) is 0 Å². The van der Waals surface area contributed by atoms with Crippen molar-refractivity contribution in [3.8, 4) is 5.75 Å². The minimum Gasteiger partial charge on any atom is -0.481 e. The summed E-state index contributed by atoms with van der Waals surface area (Å²) in [5.41, 5.74) is 5.16. The Kier molecular flexibility index (Phi) is 5.00. The molecule has 0 saturated heterocycles. The van der Waals surface area contributed by atoms with E-state index in [9.17, 15) is 0 Å². The Morgan fingerprint density at radius 1 is 0.885 bits per heavy atom. The van der Waals surface area contributed by atoms with Gasteiger partial charge in [0.1, 0.15) is 5.75 Å². The molecular formula is C23H23NOS. The van der Waals surface area contributed by atoms with E-state index < -0.39 is 0 Å². The first kappa shape index (κ1) is 17.2. The van der Waals surface area contributed by atoms with Gasteiger partial charge < -0.3 is 9.64 Å². The zero-order valence-corrected chi connectivity index (χ0v) is 16.0. The molecule has 0 saturated carbocycles. The smallest absolute Gasteiger partial charge is 0.150 e. The Hall–Kier alpha value is -2.23. The van der Waals surface area contributed by atoms with Crippen molar-refractivity contribution >= 4 is 11.8 Å². The summed E-state index contributed by atoms with van der Waals surface area (Å²) in [5.74, 6) is 1.89. The molecule has 1 aliphatic heterocycles. The van der Waals surface area contributed by atoms with Crippen molar-refractivity contribution < 1.29 is 4.74 Å². The third-order valence-electron chi connectivity index (χ3n) is 4.60. The number of thioether (sulfide) groups is 1. The SMILES string of the molecule is CN(C)Cc1ccc(O[C@@H]2c3ccccc3CSc3ccccc32)cc1. The highest BCUT2D eigenvalue weighted by atomic mass is 32.2. The minimum absolute atomic E-state index is 0.0721. The Morgan fingerprint density at radius 2 is 1.58 bits per heavy atom. The summed E-state index contributed by atoms with van der Waals surface area (Å²) in [4.78, 5) is 3.48. The maximum atomic E-state index is 6.52. The first-order valence-corrected chi connectivity index (χ1v) is 9.89. The fraction of sp³-hybridized carbons (Fsp3) is 0.217. The van der Waals surface area contributed by atoms with E-state index in [-0.39, 0.29) is 6.10 Å². The molecule has 0 fully saturated rings. The number of hydrogen-bond acceptors (Lipinski definition) is 3. The lowest BCUT2D eigenvalue weighted by Gasteiger charge is -2.22. The highest BCUT2D eigenvalue weighted by Gasteiger charge is 2.25. The average Bonchev–Trinajstić information content (AvgIpc) is 2.81. The van der Waals surface area contributed by atoms with Gasteiger partial charge in [0.2, 0.25) is 0 Å². The second-order valence-corrected chi connectivity index (χ2v) is 7.92. The van der Waals surface area contributed by atoms with E-state index in [0.717, 1.165) is 18.0 Å². The zero-order valence-electron chi connectivity index (χ0n) is 15.2. The molecule has 26 heavy (non-hydrogen) atoms. The van der Waals surface area contributed by atoms with Gasteiger partial charge in [0.15, 0.2) is 6.10 Å². The summed E-state index contributed by atoms with van der Waals surface area (Å²) >= 11 is 1.89. The van der Waals surface area contributed by atoms with Crippen LogP contribution < -0.4 is 4.74 Å². The fourth-order valence-corrected chi connectivity index (χ4v) is 4.47. The molecule has 2 nitrogen and oxygen atoms in total. The Morgan fingerprint density at radius 3 is 2.35 bits per heavy atom. The Balaban J connectivity index is 1.69. The van der Waals surface area contributed by atoms with Gasteiger partial charge in [-0.15, -0.1) is 11.8 Å². The van der Waals surface area contributed by atoms with Crippen molar-refractivity contribution in [3.63, 3.8) is 0 Å². The molecule has 0 aliphatic carbocycles. The third kappa shape index (κ3) is 3.64. The van der Waals surface area contributed by atoms with E-state index in [2.05, 4.69) is 91.8 Å². The van der Waals surface area contributed by atoms with Crippen LogP contribution in [0.25, 0.3) is 0 Å². The normalized spacial score (nSPS) is 15.9. The van der Waals surface area contributed by atoms with Crippen LogP contribution in [0.5, 0.6) is 5.75 Å². The van der Waals surface area contributed by atoms with Crippen molar-refractivity contribution in [1.82, 2.24) is 4.90 Å².